The van der Waals surface area contributed by atoms with E-state index in [2.05, 4.69) is 32.9 Å². The van der Waals surface area contributed by atoms with Gasteiger partial charge in [0.15, 0.2) is 0 Å². The molecule has 0 saturated heterocycles. The maximum atomic E-state index is 13.5. The van der Waals surface area contributed by atoms with E-state index in [1.807, 2.05) is 36.4 Å². The standard InChI is InChI=1S/C26H26ClN3O/c1-26(2,3)20-9-7-19(8-10-20)24-29-23-14-21(27)11-12-22(23)25(31)30(24)16-18-6-4-5-17(13-18)15-28/h4-14H,15-16,28H2,1-3H3. The molecule has 0 radical (unpaired) electrons. The zero-order chi connectivity index (χ0) is 22.2. The number of hydrogen-bond donors (Lipinski definition) is 1. The molecule has 0 fully saturated rings. The molecule has 0 aliphatic carbocycles. The fourth-order valence-electron chi connectivity index (χ4n) is 3.72. The van der Waals surface area contributed by atoms with E-state index in [-0.39, 0.29) is 11.0 Å². The first-order valence-corrected chi connectivity index (χ1v) is 10.7. The van der Waals surface area contributed by atoms with Crippen molar-refractivity contribution in [3.8, 4) is 11.4 Å². The molecular formula is C26H26ClN3O. The average molecular weight is 432 g/mol. The van der Waals surface area contributed by atoms with Gasteiger partial charge in [-0.3, -0.25) is 9.36 Å². The van der Waals surface area contributed by atoms with Crippen molar-refractivity contribution in [3.05, 3.63) is 98.8 Å². The molecule has 0 spiro atoms. The Labute approximate surface area is 187 Å². The van der Waals surface area contributed by atoms with E-state index in [1.54, 1.807) is 22.8 Å². The molecule has 0 amide bonds. The van der Waals surface area contributed by atoms with Crippen LogP contribution in [0, 0.1) is 0 Å². The van der Waals surface area contributed by atoms with Crippen molar-refractivity contribution >= 4 is 22.5 Å². The van der Waals surface area contributed by atoms with Gasteiger partial charge < -0.3 is 5.73 Å². The molecule has 4 rings (SSSR count). The van der Waals surface area contributed by atoms with E-state index >= 15 is 0 Å². The monoisotopic (exact) mass is 431 g/mol. The molecule has 0 aliphatic heterocycles. The van der Waals surface area contributed by atoms with Crippen molar-refractivity contribution in [1.29, 1.82) is 0 Å². The molecule has 0 aliphatic rings. The summed E-state index contributed by atoms with van der Waals surface area (Å²) >= 11 is 6.18. The minimum Gasteiger partial charge on any atom is -0.326 e. The van der Waals surface area contributed by atoms with E-state index in [4.69, 9.17) is 22.3 Å². The van der Waals surface area contributed by atoms with Crippen LogP contribution in [0.4, 0.5) is 0 Å². The Morgan fingerprint density at radius 3 is 2.35 bits per heavy atom. The molecule has 158 valence electrons. The lowest BCUT2D eigenvalue weighted by molar-refractivity contribution is 0.590. The van der Waals surface area contributed by atoms with Gasteiger partial charge in [0.1, 0.15) is 5.82 Å². The van der Waals surface area contributed by atoms with Crippen molar-refractivity contribution < 1.29 is 0 Å². The maximum absolute atomic E-state index is 13.5. The van der Waals surface area contributed by atoms with Crippen LogP contribution < -0.4 is 11.3 Å². The molecule has 0 bridgehead atoms. The van der Waals surface area contributed by atoms with E-state index in [0.29, 0.717) is 34.8 Å². The Bertz CT molecular complexity index is 1300. The second-order valence-electron chi connectivity index (χ2n) is 8.84. The first-order valence-electron chi connectivity index (χ1n) is 10.3. The van der Waals surface area contributed by atoms with Gasteiger partial charge in [-0.15, -0.1) is 0 Å². The number of aromatic nitrogens is 2. The molecule has 4 aromatic rings. The summed E-state index contributed by atoms with van der Waals surface area (Å²) in [6, 6.07) is 21.5. The van der Waals surface area contributed by atoms with Gasteiger partial charge in [0, 0.05) is 17.1 Å². The van der Waals surface area contributed by atoms with Crippen LogP contribution in [0.3, 0.4) is 0 Å². The lowest BCUT2D eigenvalue weighted by Gasteiger charge is -2.20. The van der Waals surface area contributed by atoms with Crippen molar-refractivity contribution in [2.75, 3.05) is 0 Å². The Morgan fingerprint density at radius 1 is 0.968 bits per heavy atom. The second kappa shape index (κ2) is 8.29. The van der Waals surface area contributed by atoms with Gasteiger partial charge in [0.2, 0.25) is 0 Å². The van der Waals surface area contributed by atoms with Gasteiger partial charge in [-0.05, 0) is 40.3 Å². The lowest BCUT2D eigenvalue weighted by Crippen LogP contribution is -2.24. The zero-order valence-electron chi connectivity index (χ0n) is 18.0. The summed E-state index contributed by atoms with van der Waals surface area (Å²) in [5, 5.41) is 1.11. The number of fused-ring (bicyclic) bond motifs is 1. The molecule has 4 nitrogen and oxygen atoms in total. The summed E-state index contributed by atoms with van der Waals surface area (Å²) in [6.07, 6.45) is 0. The second-order valence-corrected chi connectivity index (χ2v) is 9.28. The summed E-state index contributed by atoms with van der Waals surface area (Å²) in [6.45, 7) is 7.41. The van der Waals surface area contributed by atoms with Gasteiger partial charge in [0.25, 0.3) is 5.56 Å². The smallest absolute Gasteiger partial charge is 0.261 e. The van der Waals surface area contributed by atoms with Crippen LogP contribution in [0.5, 0.6) is 0 Å². The number of rotatable bonds is 4. The van der Waals surface area contributed by atoms with Crippen molar-refractivity contribution in [1.82, 2.24) is 9.55 Å². The average Bonchev–Trinajstić information content (AvgIpc) is 2.75. The number of nitrogens with zero attached hydrogens (tertiary/aromatic N) is 2. The lowest BCUT2D eigenvalue weighted by atomic mass is 9.86. The van der Waals surface area contributed by atoms with E-state index in [1.165, 1.54) is 5.56 Å². The van der Waals surface area contributed by atoms with Gasteiger partial charge >= 0.3 is 0 Å². The molecule has 0 unspecified atom stereocenters. The molecule has 0 atom stereocenters. The van der Waals surface area contributed by atoms with Crippen LogP contribution in [-0.2, 0) is 18.5 Å². The molecule has 1 aromatic heterocycles. The van der Waals surface area contributed by atoms with E-state index in [0.717, 1.165) is 16.7 Å². The topological polar surface area (TPSA) is 60.9 Å². The molecule has 5 heteroatoms. The quantitative estimate of drug-likeness (QED) is 0.462. The third kappa shape index (κ3) is 4.41. The van der Waals surface area contributed by atoms with Crippen LogP contribution in [0.1, 0.15) is 37.5 Å². The highest BCUT2D eigenvalue weighted by molar-refractivity contribution is 6.31. The minimum absolute atomic E-state index is 0.0468. The minimum atomic E-state index is -0.0882. The Balaban J connectivity index is 1.91. The number of halogens is 1. The summed E-state index contributed by atoms with van der Waals surface area (Å²) in [4.78, 5) is 18.3. The fourth-order valence-corrected chi connectivity index (χ4v) is 3.88. The normalized spacial score (nSPS) is 11.8. The number of nitrogens with two attached hydrogens (primary N) is 1. The zero-order valence-corrected chi connectivity index (χ0v) is 18.8. The Morgan fingerprint density at radius 2 is 1.68 bits per heavy atom. The molecular weight excluding hydrogens is 406 g/mol. The van der Waals surface area contributed by atoms with Crippen LogP contribution >= 0.6 is 11.6 Å². The largest absolute Gasteiger partial charge is 0.326 e. The SMILES string of the molecule is CC(C)(C)c1ccc(-c2nc3cc(Cl)ccc3c(=O)n2Cc2cccc(CN)c2)cc1. The van der Waals surface area contributed by atoms with Crippen LogP contribution in [-0.4, -0.2) is 9.55 Å². The van der Waals surface area contributed by atoms with Crippen LogP contribution in [0.25, 0.3) is 22.3 Å². The molecule has 1 heterocycles. The van der Waals surface area contributed by atoms with Gasteiger partial charge in [0.05, 0.1) is 17.4 Å². The summed E-state index contributed by atoms with van der Waals surface area (Å²) in [7, 11) is 0. The van der Waals surface area contributed by atoms with E-state index in [9.17, 15) is 4.79 Å². The van der Waals surface area contributed by atoms with Gasteiger partial charge in [-0.2, -0.15) is 0 Å². The summed E-state index contributed by atoms with van der Waals surface area (Å²) < 4.78 is 1.73. The summed E-state index contributed by atoms with van der Waals surface area (Å²) in [5.41, 5.74) is 10.5. The van der Waals surface area contributed by atoms with Gasteiger partial charge in [-0.25, -0.2) is 4.98 Å². The molecule has 3 aromatic carbocycles. The van der Waals surface area contributed by atoms with Crippen molar-refractivity contribution in [2.45, 2.75) is 39.3 Å². The predicted octanol–water partition coefficient (Wildman–Crippen LogP) is 5.52. The van der Waals surface area contributed by atoms with E-state index < -0.39 is 0 Å². The van der Waals surface area contributed by atoms with Crippen molar-refractivity contribution in [3.63, 3.8) is 0 Å². The molecule has 31 heavy (non-hydrogen) atoms. The molecule has 0 saturated carbocycles. The first-order chi connectivity index (χ1) is 14.8. The number of hydrogen-bond acceptors (Lipinski definition) is 3. The highest BCUT2D eigenvalue weighted by atomic mass is 35.5. The maximum Gasteiger partial charge on any atom is 0.261 e. The number of benzene rings is 3. The molecule has 2 N–H and O–H groups in total. The summed E-state index contributed by atoms with van der Waals surface area (Å²) in [5.74, 6) is 0.623. The predicted molar refractivity (Wildman–Crippen MR) is 129 cm³/mol. The Kier molecular flexibility index (Phi) is 5.69. The van der Waals surface area contributed by atoms with Crippen LogP contribution in [0.2, 0.25) is 5.02 Å². The fraction of sp³-hybridized carbons (Fsp3) is 0.231. The van der Waals surface area contributed by atoms with Crippen molar-refractivity contribution in [2.24, 2.45) is 5.73 Å². The van der Waals surface area contributed by atoms with Gasteiger partial charge in [-0.1, -0.05) is 80.9 Å². The third-order valence-electron chi connectivity index (χ3n) is 5.49. The highest BCUT2D eigenvalue weighted by Gasteiger charge is 2.17. The Hall–Kier alpha value is -2.95. The first kappa shape index (κ1) is 21.3. The highest BCUT2D eigenvalue weighted by Crippen LogP contribution is 2.27. The van der Waals surface area contributed by atoms with Crippen LogP contribution in [0.15, 0.2) is 71.5 Å². The third-order valence-corrected chi connectivity index (χ3v) is 5.73.